The molecule has 0 aromatic carbocycles. The second-order valence-electron chi connectivity index (χ2n) is 4.16. The molecule has 2 aliphatic rings. The minimum absolute atomic E-state index is 0.118. The van der Waals surface area contributed by atoms with Crippen LogP contribution in [0.1, 0.15) is 25.7 Å². The lowest BCUT2D eigenvalue weighted by atomic mass is 10.1. The van der Waals surface area contributed by atoms with Crippen LogP contribution in [-0.2, 0) is 14.3 Å². The second-order valence-corrected chi connectivity index (χ2v) is 4.16. The van der Waals surface area contributed by atoms with Crippen LogP contribution < -0.4 is 5.32 Å². The van der Waals surface area contributed by atoms with Crippen molar-refractivity contribution in [3.8, 4) is 0 Å². The van der Waals surface area contributed by atoms with Crippen molar-refractivity contribution in [1.29, 1.82) is 0 Å². The van der Waals surface area contributed by atoms with Crippen molar-refractivity contribution in [1.82, 2.24) is 5.32 Å². The van der Waals surface area contributed by atoms with Crippen LogP contribution in [0, 0.1) is 5.92 Å². The highest BCUT2D eigenvalue weighted by atomic mass is 16.5. The number of hydrogen-bond acceptors (Lipinski definition) is 3. The molecule has 1 saturated heterocycles. The molecule has 1 heterocycles. The Morgan fingerprint density at radius 2 is 2.07 bits per heavy atom. The molecular weight excluding hydrogens is 198 g/mol. The van der Waals surface area contributed by atoms with Gasteiger partial charge in [0.1, 0.15) is 12.1 Å². The van der Waals surface area contributed by atoms with Crippen LogP contribution in [0.25, 0.3) is 0 Å². The SMILES string of the molecule is O=C(NC(C(=O)O)C1CC1)C1CCCO1. The Kier molecular flexibility index (Phi) is 2.90. The van der Waals surface area contributed by atoms with Crippen molar-refractivity contribution >= 4 is 11.9 Å². The fourth-order valence-corrected chi connectivity index (χ4v) is 1.84. The van der Waals surface area contributed by atoms with E-state index in [2.05, 4.69) is 5.32 Å². The third-order valence-corrected chi connectivity index (χ3v) is 2.88. The number of hydrogen-bond donors (Lipinski definition) is 2. The minimum Gasteiger partial charge on any atom is -0.480 e. The minimum atomic E-state index is -0.941. The number of ether oxygens (including phenoxy) is 1. The molecule has 5 heteroatoms. The maximum Gasteiger partial charge on any atom is 0.326 e. The molecule has 0 bridgehead atoms. The second kappa shape index (κ2) is 4.18. The number of carbonyl (C=O) groups is 2. The molecule has 1 amide bonds. The highest BCUT2D eigenvalue weighted by Gasteiger charge is 2.38. The molecule has 15 heavy (non-hydrogen) atoms. The Morgan fingerprint density at radius 1 is 1.33 bits per heavy atom. The Bertz CT molecular complexity index is 269. The van der Waals surface area contributed by atoms with Gasteiger partial charge in [-0.3, -0.25) is 4.79 Å². The van der Waals surface area contributed by atoms with Crippen LogP contribution >= 0.6 is 0 Å². The molecule has 5 nitrogen and oxygen atoms in total. The summed E-state index contributed by atoms with van der Waals surface area (Å²) in [7, 11) is 0. The van der Waals surface area contributed by atoms with Gasteiger partial charge in [-0.15, -0.1) is 0 Å². The molecule has 1 saturated carbocycles. The van der Waals surface area contributed by atoms with Gasteiger partial charge in [0, 0.05) is 6.61 Å². The van der Waals surface area contributed by atoms with Crippen molar-refractivity contribution in [3.63, 3.8) is 0 Å². The zero-order valence-electron chi connectivity index (χ0n) is 8.44. The number of nitrogens with one attached hydrogen (secondary N) is 1. The standard InChI is InChI=1S/C10H15NO4/c12-9(7-2-1-5-15-7)11-8(10(13)14)6-3-4-6/h6-8H,1-5H2,(H,11,12)(H,13,14). The van der Waals surface area contributed by atoms with Crippen LogP contribution in [0.3, 0.4) is 0 Å². The zero-order chi connectivity index (χ0) is 10.8. The van der Waals surface area contributed by atoms with Gasteiger partial charge >= 0.3 is 5.97 Å². The van der Waals surface area contributed by atoms with Gasteiger partial charge in [-0.05, 0) is 31.6 Å². The van der Waals surface area contributed by atoms with Crippen molar-refractivity contribution < 1.29 is 19.4 Å². The summed E-state index contributed by atoms with van der Waals surface area (Å²) in [5.41, 5.74) is 0. The van der Waals surface area contributed by atoms with Crippen LogP contribution in [0.4, 0.5) is 0 Å². The lowest BCUT2D eigenvalue weighted by molar-refractivity contribution is -0.144. The summed E-state index contributed by atoms with van der Waals surface area (Å²) in [5.74, 6) is -1.09. The largest absolute Gasteiger partial charge is 0.480 e. The number of amides is 1. The van der Waals surface area contributed by atoms with Gasteiger partial charge in [-0.25, -0.2) is 4.79 Å². The molecule has 2 rings (SSSR count). The maximum absolute atomic E-state index is 11.6. The normalized spacial score (nSPS) is 27.3. The summed E-state index contributed by atoms with van der Waals surface area (Å²) in [5, 5.41) is 11.5. The first-order valence-corrected chi connectivity index (χ1v) is 5.33. The van der Waals surface area contributed by atoms with Gasteiger partial charge in [-0.2, -0.15) is 0 Å². The first-order chi connectivity index (χ1) is 7.18. The molecule has 2 N–H and O–H groups in total. The number of carboxylic acids is 1. The smallest absolute Gasteiger partial charge is 0.326 e. The van der Waals surface area contributed by atoms with Crippen molar-refractivity contribution in [3.05, 3.63) is 0 Å². The monoisotopic (exact) mass is 213 g/mol. The van der Waals surface area contributed by atoms with E-state index in [9.17, 15) is 9.59 Å². The maximum atomic E-state index is 11.6. The molecule has 0 aromatic heterocycles. The topological polar surface area (TPSA) is 75.6 Å². The highest BCUT2D eigenvalue weighted by molar-refractivity contribution is 5.86. The first-order valence-electron chi connectivity index (χ1n) is 5.33. The van der Waals surface area contributed by atoms with Gasteiger partial charge in [0.25, 0.3) is 0 Å². The fourth-order valence-electron chi connectivity index (χ4n) is 1.84. The molecular formula is C10H15NO4. The lowest BCUT2D eigenvalue weighted by Gasteiger charge is -2.16. The number of carboxylic acid groups (broad SMARTS) is 1. The Morgan fingerprint density at radius 3 is 2.53 bits per heavy atom. The average molecular weight is 213 g/mol. The van der Waals surface area contributed by atoms with E-state index in [1.807, 2.05) is 0 Å². The van der Waals surface area contributed by atoms with E-state index in [4.69, 9.17) is 9.84 Å². The van der Waals surface area contributed by atoms with E-state index in [0.29, 0.717) is 13.0 Å². The first kappa shape index (κ1) is 10.4. The van der Waals surface area contributed by atoms with Crippen LogP contribution in [-0.4, -0.2) is 35.7 Å². The number of rotatable bonds is 4. The Hall–Kier alpha value is -1.10. The van der Waals surface area contributed by atoms with Crippen LogP contribution in [0.2, 0.25) is 0 Å². The summed E-state index contributed by atoms with van der Waals surface area (Å²) < 4.78 is 5.19. The zero-order valence-corrected chi connectivity index (χ0v) is 8.44. The van der Waals surface area contributed by atoms with Gasteiger partial charge in [0.2, 0.25) is 5.91 Å². The van der Waals surface area contributed by atoms with Gasteiger partial charge < -0.3 is 15.2 Å². The van der Waals surface area contributed by atoms with Crippen molar-refractivity contribution in [2.75, 3.05) is 6.61 Å². The predicted octanol–water partition coefficient (Wildman–Crippen LogP) is 0.145. The summed E-state index contributed by atoms with van der Waals surface area (Å²) in [6.45, 7) is 0.596. The van der Waals surface area contributed by atoms with E-state index in [1.54, 1.807) is 0 Å². The number of carbonyl (C=O) groups excluding carboxylic acids is 1. The van der Waals surface area contributed by atoms with Gasteiger partial charge in [0.05, 0.1) is 0 Å². The summed E-state index contributed by atoms with van der Waals surface area (Å²) in [6.07, 6.45) is 2.92. The average Bonchev–Trinajstić information content (AvgIpc) is 2.87. The van der Waals surface area contributed by atoms with E-state index < -0.39 is 18.1 Å². The number of aliphatic carboxylic acids is 1. The third-order valence-electron chi connectivity index (χ3n) is 2.88. The highest BCUT2D eigenvalue weighted by Crippen LogP contribution is 2.32. The molecule has 2 atom stereocenters. The molecule has 2 unspecified atom stereocenters. The van der Waals surface area contributed by atoms with Crippen LogP contribution in [0.15, 0.2) is 0 Å². The molecule has 0 aromatic rings. The van der Waals surface area contributed by atoms with Crippen molar-refractivity contribution in [2.45, 2.75) is 37.8 Å². The van der Waals surface area contributed by atoms with Gasteiger partial charge in [0.15, 0.2) is 0 Å². The summed E-state index contributed by atoms with van der Waals surface area (Å²) in [6, 6.07) is -0.721. The Balaban J connectivity index is 1.87. The summed E-state index contributed by atoms with van der Waals surface area (Å²) in [4.78, 5) is 22.5. The van der Waals surface area contributed by atoms with E-state index >= 15 is 0 Å². The molecule has 1 aliphatic carbocycles. The summed E-state index contributed by atoms with van der Waals surface area (Å²) >= 11 is 0. The molecule has 2 fully saturated rings. The molecule has 84 valence electrons. The molecule has 0 spiro atoms. The van der Waals surface area contributed by atoms with Gasteiger partial charge in [-0.1, -0.05) is 0 Å². The predicted molar refractivity (Wildman–Crippen MR) is 51.3 cm³/mol. The van der Waals surface area contributed by atoms with Crippen LogP contribution in [0.5, 0.6) is 0 Å². The van der Waals surface area contributed by atoms with E-state index in [1.165, 1.54) is 0 Å². The van der Waals surface area contributed by atoms with Crippen molar-refractivity contribution in [2.24, 2.45) is 5.92 Å². The Labute approximate surface area is 87.8 Å². The molecule has 0 radical (unpaired) electrons. The van der Waals surface area contributed by atoms with E-state index in [-0.39, 0.29) is 11.8 Å². The quantitative estimate of drug-likeness (QED) is 0.696. The molecule has 1 aliphatic heterocycles. The fraction of sp³-hybridized carbons (Fsp3) is 0.800. The van der Waals surface area contributed by atoms with E-state index in [0.717, 1.165) is 19.3 Å². The lowest BCUT2D eigenvalue weighted by Crippen LogP contribution is -2.46. The third kappa shape index (κ3) is 2.47.